The van der Waals surface area contributed by atoms with Crippen molar-refractivity contribution in [3.05, 3.63) is 85.1 Å². The molecule has 0 aromatic carbocycles. The van der Waals surface area contributed by atoms with E-state index in [1.165, 1.54) is 289 Å². The Balaban J connectivity index is 3.97. The van der Waals surface area contributed by atoms with Crippen molar-refractivity contribution in [1.29, 1.82) is 0 Å². The monoisotopic (exact) mass is 1360 g/mol. The summed E-state index contributed by atoms with van der Waals surface area (Å²) in [5, 5.41) is 9.78. The van der Waals surface area contributed by atoms with Gasteiger partial charge in [0.25, 0.3) is 6.29 Å². The lowest BCUT2D eigenvalue weighted by Crippen LogP contribution is -2.40. The lowest BCUT2D eigenvalue weighted by atomic mass is 10.0. The van der Waals surface area contributed by atoms with Gasteiger partial charge >= 0.3 is 17.9 Å². The number of carbonyl (C=O) groups excluding carboxylic acids is 2. The Morgan fingerprint density at radius 3 is 0.876 bits per heavy atom. The average molecular weight is 1360 g/mol. The molecule has 9 heteroatoms. The fraction of sp³-hybridized carbons (Fsp3) is 0.807. The molecular weight excluding hydrogens is 1200 g/mol. The lowest BCUT2D eigenvalue weighted by Gasteiger charge is -2.25. The molecule has 2 atom stereocenters. The van der Waals surface area contributed by atoms with Gasteiger partial charge in [-0.3, -0.25) is 9.59 Å². The van der Waals surface area contributed by atoms with Crippen LogP contribution in [0.3, 0.4) is 0 Å². The maximum absolute atomic E-state index is 13.0. The SMILES string of the molecule is CC/C=C\C/C=C\C/C=C\C/C=C\C/C=C\C/C=C\C/C=C\CCCCCCCCCCCCCCCCCCCCCC(=O)OC(COC(=O)CCCCCCCCCCCCCCCCCCCCCCCCCCCCCCCCC)COC(OCC[N+](C)(C)C)C(=O)O. The highest BCUT2D eigenvalue weighted by Gasteiger charge is 2.25. The summed E-state index contributed by atoms with van der Waals surface area (Å²) < 4.78 is 23.1. The second-order valence-electron chi connectivity index (χ2n) is 29.4. The molecule has 0 rings (SSSR count). The van der Waals surface area contributed by atoms with Crippen molar-refractivity contribution in [3.8, 4) is 0 Å². The van der Waals surface area contributed by atoms with E-state index in [1.54, 1.807) is 0 Å². The van der Waals surface area contributed by atoms with Crippen LogP contribution in [0.5, 0.6) is 0 Å². The summed E-state index contributed by atoms with van der Waals surface area (Å²) in [5.74, 6) is -1.98. The van der Waals surface area contributed by atoms with Gasteiger partial charge in [0.15, 0.2) is 6.10 Å². The molecule has 1 N–H and O–H groups in total. The van der Waals surface area contributed by atoms with Crippen LogP contribution >= 0.6 is 0 Å². The molecule has 0 radical (unpaired) electrons. The van der Waals surface area contributed by atoms with Crippen LogP contribution in [0, 0.1) is 0 Å². The van der Waals surface area contributed by atoms with Crippen LogP contribution in [0.2, 0.25) is 0 Å². The molecule has 0 aliphatic heterocycles. The number of rotatable bonds is 78. The van der Waals surface area contributed by atoms with Gasteiger partial charge < -0.3 is 28.5 Å². The summed E-state index contributed by atoms with van der Waals surface area (Å²) in [6.07, 6.45) is 105. The second kappa shape index (κ2) is 78.2. The van der Waals surface area contributed by atoms with Gasteiger partial charge in [0.1, 0.15) is 13.2 Å². The minimum atomic E-state index is -1.51. The molecule has 0 aromatic heterocycles. The fourth-order valence-corrected chi connectivity index (χ4v) is 12.4. The first kappa shape index (κ1) is 93.5. The normalized spacial score (nSPS) is 13.0. The first-order valence-electron chi connectivity index (χ1n) is 41.8. The van der Waals surface area contributed by atoms with E-state index in [9.17, 15) is 19.5 Å². The van der Waals surface area contributed by atoms with Crippen molar-refractivity contribution in [2.24, 2.45) is 0 Å². The van der Waals surface area contributed by atoms with Crippen LogP contribution in [-0.4, -0.2) is 87.4 Å². The van der Waals surface area contributed by atoms with Crippen molar-refractivity contribution in [1.82, 2.24) is 0 Å². The molecule has 9 nitrogen and oxygen atoms in total. The predicted octanol–water partition coefficient (Wildman–Crippen LogP) is 26.9. The van der Waals surface area contributed by atoms with E-state index in [0.717, 1.165) is 83.5 Å². The number of nitrogens with zero attached hydrogens (tertiary/aromatic N) is 1. The maximum atomic E-state index is 13.0. The standard InChI is InChI=1S/C88H159NO8/c1-6-8-10-12-14-16-18-20-22-24-26-28-30-32-34-36-38-39-40-41-42-43-44-45-46-47-49-51-53-55-57-59-61-63-65-67-69-71-73-75-77-79-86(91)97-84(83-96-88(87(92)93)94-81-80-89(3,4)5)82-95-85(90)78-76-74-72-70-68-66-64-62-60-58-56-54-52-50-48-37-35-33-31-29-27-25-23-21-19-17-15-13-11-9-7-2/h8,10,14,16,20,22,26,28,32,34,38-39,41-42,84,88H,6-7,9,11-13,15,17-19,21,23-25,27,29-31,33,35-37,40,43-83H2,1-5H3/p+1/b10-8-,16-14-,22-20-,28-26-,34-32-,39-38-,42-41-. The molecule has 0 aliphatic rings. The van der Waals surface area contributed by atoms with Crippen molar-refractivity contribution in [2.45, 2.75) is 411 Å². The highest BCUT2D eigenvalue weighted by Crippen LogP contribution is 2.20. The van der Waals surface area contributed by atoms with E-state index in [0.29, 0.717) is 17.4 Å². The third-order valence-electron chi connectivity index (χ3n) is 18.7. The number of unbranched alkanes of at least 4 members (excludes halogenated alkanes) is 49. The molecule has 0 saturated heterocycles. The van der Waals surface area contributed by atoms with Crippen LogP contribution in [-0.2, 0) is 33.3 Å². The number of allylic oxidation sites excluding steroid dienone is 14. The molecular formula is C88H160NO8+. The number of carboxylic acids is 1. The summed E-state index contributed by atoms with van der Waals surface area (Å²) in [6.45, 7) is 4.83. The molecule has 564 valence electrons. The minimum Gasteiger partial charge on any atom is -0.477 e. The van der Waals surface area contributed by atoms with Crippen LogP contribution in [0.25, 0.3) is 0 Å². The van der Waals surface area contributed by atoms with Gasteiger partial charge in [0, 0.05) is 12.8 Å². The Morgan fingerprint density at radius 2 is 0.588 bits per heavy atom. The van der Waals surface area contributed by atoms with Crippen LogP contribution in [0.4, 0.5) is 0 Å². The first-order valence-corrected chi connectivity index (χ1v) is 41.8. The fourth-order valence-electron chi connectivity index (χ4n) is 12.4. The number of esters is 2. The van der Waals surface area contributed by atoms with Crippen molar-refractivity contribution >= 4 is 17.9 Å². The zero-order valence-electron chi connectivity index (χ0n) is 64.7. The number of hydrogen-bond donors (Lipinski definition) is 1. The summed E-state index contributed by atoms with van der Waals surface area (Å²) in [7, 11) is 6.00. The van der Waals surface area contributed by atoms with Gasteiger partial charge in [-0.2, -0.15) is 0 Å². The van der Waals surface area contributed by atoms with Gasteiger partial charge in [-0.1, -0.05) is 401 Å². The zero-order valence-corrected chi connectivity index (χ0v) is 64.7. The molecule has 0 fully saturated rings. The van der Waals surface area contributed by atoms with Crippen molar-refractivity contribution < 1.29 is 42.9 Å². The Kier molecular flexibility index (Phi) is 75.3. The van der Waals surface area contributed by atoms with E-state index in [1.807, 2.05) is 21.1 Å². The maximum Gasteiger partial charge on any atom is 0.361 e. The van der Waals surface area contributed by atoms with E-state index in [-0.39, 0.29) is 38.2 Å². The number of likely N-dealkylation sites (N-methyl/N-ethyl adjacent to an activating group) is 1. The molecule has 0 spiro atoms. The number of carboxylic acid groups (broad SMARTS) is 1. The molecule has 0 saturated carbocycles. The summed E-state index contributed by atoms with van der Waals surface area (Å²) >= 11 is 0. The van der Waals surface area contributed by atoms with Gasteiger partial charge in [-0.15, -0.1) is 0 Å². The number of hydrogen-bond acceptors (Lipinski definition) is 7. The molecule has 0 bridgehead atoms. The Labute approximate surface area is 601 Å². The second-order valence-corrected chi connectivity index (χ2v) is 29.4. The summed E-state index contributed by atoms with van der Waals surface area (Å²) in [6, 6.07) is 0. The number of carbonyl (C=O) groups is 3. The number of ether oxygens (including phenoxy) is 4. The van der Waals surface area contributed by atoms with Gasteiger partial charge in [0.05, 0.1) is 34.4 Å². The van der Waals surface area contributed by atoms with E-state index >= 15 is 0 Å². The molecule has 2 unspecified atom stereocenters. The van der Waals surface area contributed by atoms with Crippen LogP contribution in [0.15, 0.2) is 85.1 Å². The topological polar surface area (TPSA) is 108 Å². The quantitative estimate of drug-likeness (QED) is 0.0211. The van der Waals surface area contributed by atoms with Gasteiger partial charge in [-0.25, -0.2) is 4.79 Å². The van der Waals surface area contributed by atoms with Crippen molar-refractivity contribution in [3.63, 3.8) is 0 Å². The van der Waals surface area contributed by atoms with Crippen molar-refractivity contribution in [2.75, 3.05) is 47.5 Å². The predicted molar refractivity (Wildman–Crippen MR) is 419 cm³/mol. The molecule has 0 aliphatic carbocycles. The Bertz CT molecular complexity index is 1870. The lowest BCUT2D eigenvalue weighted by molar-refractivity contribution is -0.870. The van der Waals surface area contributed by atoms with E-state index in [4.69, 9.17) is 18.9 Å². The third-order valence-corrected chi connectivity index (χ3v) is 18.7. The Morgan fingerprint density at radius 1 is 0.320 bits per heavy atom. The van der Waals surface area contributed by atoms with E-state index in [2.05, 4.69) is 98.9 Å². The summed E-state index contributed by atoms with van der Waals surface area (Å²) in [4.78, 5) is 37.8. The highest BCUT2D eigenvalue weighted by atomic mass is 16.7. The first-order chi connectivity index (χ1) is 47.6. The highest BCUT2D eigenvalue weighted by molar-refractivity contribution is 5.71. The molecule has 0 heterocycles. The molecule has 97 heavy (non-hydrogen) atoms. The van der Waals surface area contributed by atoms with Gasteiger partial charge in [-0.05, 0) is 70.6 Å². The number of quaternary nitrogens is 1. The zero-order chi connectivity index (χ0) is 70.4. The molecule has 0 amide bonds. The molecule has 0 aromatic rings. The number of aliphatic carboxylic acids is 1. The van der Waals surface area contributed by atoms with Crippen LogP contribution in [0.1, 0.15) is 399 Å². The van der Waals surface area contributed by atoms with E-state index < -0.39 is 18.4 Å². The Hall–Kier alpha value is -3.53. The largest absolute Gasteiger partial charge is 0.477 e. The smallest absolute Gasteiger partial charge is 0.361 e. The van der Waals surface area contributed by atoms with Crippen LogP contribution < -0.4 is 0 Å². The average Bonchev–Trinajstić information content (AvgIpc) is 3.27. The van der Waals surface area contributed by atoms with Gasteiger partial charge in [0.2, 0.25) is 0 Å². The summed E-state index contributed by atoms with van der Waals surface area (Å²) in [5.41, 5.74) is 0. The minimum absolute atomic E-state index is 0.178. The third kappa shape index (κ3) is 79.7.